The van der Waals surface area contributed by atoms with Gasteiger partial charge in [0, 0.05) is 46.4 Å². The molecular weight excluding hydrogens is 438 g/mol. The molecule has 0 aliphatic heterocycles. The van der Waals surface area contributed by atoms with Crippen molar-refractivity contribution in [2.75, 3.05) is 5.75 Å². The molecule has 4 rings (SSSR count). The minimum Gasteiger partial charge on any atom is -0.293 e. The molecule has 2 aromatic carbocycles. The van der Waals surface area contributed by atoms with Gasteiger partial charge in [0.05, 0.1) is 10.7 Å². The van der Waals surface area contributed by atoms with E-state index in [9.17, 15) is 14.9 Å². The summed E-state index contributed by atoms with van der Waals surface area (Å²) in [7, 11) is 0. The quantitative estimate of drug-likeness (QED) is 0.171. The Morgan fingerprint density at radius 1 is 1.06 bits per heavy atom. The monoisotopic (exact) mass is 451 g/mol. The number of aromatic nitrogens is 4. The third-order valence-corrected chi connectivity index (χ3v) is 5.55. The molecule has 2 aromatic heterocycles. The first-order valence-corrected chi connectivity index (χ1v) is 10.4. The molecule has 0 radical (unpaired) electrons. The third-order valence-electron chi connectivity index (χ3n) is 4.37. The lowest BCUT2D eigenvalue weighted by Gasteiger charge is -2.10. The summed E-state index contributed by atoms with van der Waals surface area (Å²) < 4.78 is 1.83. The van der Waals surface area contributed by atoms with Crippen LogP contribution in [0.3, 0.4) is 0 Å². The number of carbonyl (C=O) groups excluding carboxylic acids is 1. The fourth-order valence-electron chi connectivity index (χ4n) is 2.85. The molecule has 0 bridgehead atoms. The zero-order valence-electron chi connectivity index (χ0n) is 15.9. The van der Waals surface area contributed by atoms with E-state index in [1.165, 1.54) is 36.0 Å². The summed E-state index contributed by atoms with van der Waals surface area (Å²) in [5.74, 6) is 0.505. The first kappa shape index (κ1) is 20.7. The zero-order chi connectivity index (χ0) is 21.8. The van der Waals surface area contributed by atoms with Gasteiger partial charge in [-0.3, -0.25) is 24.5 Å². The lowest BCUT2D eigenvalue weighted by molar-refractivity contribution is -0.384. The van der Waals surface area contributed by atoms with Gasteiger partial charge in [-0.1, -0.05) is 23.4 Å². The van der Waals surface area contributed by atoms with Gasteiger partial charge >= 0.3 is 0 Å². The third kappa shape index (κ3) is 4.62. The molecule has 0 unspecified atom stereocenters. The van der Waals surface area contributed by atoms with Gasteiger partial charge < -0.3 is 0 Å². The summed E-state index contributed by atoms with van der Waals surface area (Å²) in [6.07, 6.45) is 3.36. The van der Waals surface area contributed by atoms with E-state index >= 15 is 0 Å². The Bertz CT molecular complexity index is 1230. The van der Waals surface area contributed by atoms with Crippen LogP contribution in [0.25, 0.3) is 17.1 Å². The highest BCUT2D eigenvalue weighted by Crippen LogP contribution is 2.28. The van der Waals surface area contributed by atoms with E-state index in [1.807, 2.05) is 22.8 Å². The molecule has 8 nitrogen and oxygen atoms in total. The van der Waals surface area contributed by atoms with Gasteiger partial charge in [0.1, 0.15) is 0 Å². The molecule has 154 valence electrons. The number of ketones is 1. The molecule has 0 spiro atoms. The Labute approximate surface area is 186 Å². The maximum atomic E-state index is 12.6. The molecule has 0 N–H and O–H groups in total. The zero-order valence-corrected chi connectivity index (χ0v) is 17.5. The van der Waals surface area contributed by atoms with Crippen LogP contribution in [0.5, 0.6) is 0 Å². The van der Waals surface area contributed by atoms with Gasteiger partial charge in [0.2, 0.25) is 0 Å². The second kappa shape index (κ2) is 9.07. The van der Waals surface area contributed by atoms with Crippen molar-refractivity contribution in [1.82, 2.24) is 19.7 Å². The molecule has 2 heterocycles. The van der Waals surface area contributed by atoms with Gasteiger partial charge in [-0.05, 0) is 48.5 Å². The molecule has 0 saturated carbocycles. The first-order chi connectivity index (χ1) is 15.0. The Morgan fingerprint density at radius 3 is 2.45 bits per heavy atom. The smallest absolute Gasteiger partial charge is 0.269 e. The predicted molar refractivity (Wildman–Crippen MR) is 118 cm³/mol. The number of nitro benzene ring substituents is 1. The van der Waals surface area contributed by atoms with Crippen molar-refractivity contribution in [1.29, 1.82) is 0 Å². The Hall–Kier alpha value is -3.56. The molecule has 4 aromatic rings. The van der Waals surface area contributed by atoms with Crippen LogP contribution < -0.4 is 0 Å². The van der Waals surface area contributed by atoms with Crippen LogP contribution in [0.1, 0.15) is 10.4 Å². The Balaban J connectivity index is 1.62. The molecular formula is C21H14ClN5O3S. The number of halogens is 1. The number of rotatable bonds is 7. The molecule has 0 fully saturated rings. The topological polar surface area (TPSA) is 104 Å². The number of nitrogens with zero attached hydrogens (tertiary/aromatic N) is 5. The van der Waals surface area contributed by atoms with Crippen molar-refractivity contribution >= 4 is 34.8 Å². The van der Waals surface area contributed by atoms with E-state index in [4.69, 9.17) is 11.6 Å². The van der Waals surface area contributed by atoms with Crippen LogP contribution in [0, 0.1) is 10.1 Å². The fraction of sp³-hybridized carbons (Fsp3) is 0.0476. The number of hydrogen-bond donors (Lipinski definition) is 0. The predicted octanol–water partition coefficient (Wildman–Crippen LogP) is 4.87. The summed E-state index contributed by atoms with van der Waals surface area (Å²) in [6, 6.07) is 16.4. The van der Waals surface area contributed by atoms with E-state index in [1.54, 1.807) is 30.6 Å². The maximum Gasteiger partial charge on any atom is 0.269 e. The number of hydrogen-bond acceptors (Lipinski definition) is 7. The van der Waals surface area contributed by atoms with Crippen molar-refractivity contribution in [3.63, 3.8) is 0 Å². The summed E-state index contributed by atoms with van der Waals surface area (Å²) in [4.78, 5) is 27.0. The van der Waals surface area contributed by atoms with Gasteiger partial charge in [0.25, 0.3) is 5.69 Å². The minimum atomic E-state index is -0.502. The average Bonchev–Trinajstić information content (AvgIpc) is 3.22. The maximum absolute atomic E-state index is 12.6. The van der Waals surface area contributed by atoms with E-state index < -0.39 is 4.92 Å². The van der Waals surface area contributed by atoms with E-state index in [0.29, 0.717) is 21.6 Å². The van der Waals surface area contributed by atoms with Crippen LogP contribution in [0.4, 0.5) is 5.69 Å². The summed E-state index contributed by atoms with van der Waals surface area (Å²) in [5, 5.41) is 20.5. The van der Waals surface area contributed by atoms with Crippen LogP contribution in [0.2, 0.25) is 5.02 Å². The molecule has 0 aliphatic rings. The number of nitro groups is 1. The molecule has 10 heteroatoms. The van der Waals surface area contributed by atoms with Crippen molar-refractivity contribution < 1.29 is 9.72 Å². The number of non-ortho nitro benzene ring substituents is 1. The van der Waals surface area contributed by atoms with E-state index in [0.717, 1.165) is 11.3 Å². The van der Waals surface area contributed by atoms with Crippen LogP contribution in [-0.2, 0) is 0 Å². The minimum absolute atomic E-state index is 0.0622. The number of Topliss-reactive ketones (excluding diaryl/α,β-unsaturated/α-hetero) is 1. The first-order valence-electron chi connectivity index (χ1n) is 9.05. The standard InChI is InChI=1S/C21H14ClN5O3S/c22-16-5-9-17(10-6-16)26-20(15-2-1-11-23-12-15)24-25-21(26)31-13-19(28)14-3-7-18(8-4-14)27(29)30/h1-12H,13H2. The van der Waals surface area contributed by atoms with Crippen molar-refractivity contribution in [2.45, 2.75) is 5.16 Å². The lowest BCUT2D eigenvalue weighted by Crippen LogP contribution is -2.05. The number of pyridine rings is 1. The largest absolute Gasteiger partial charge is 0.293 e. The SMILES string of the molecule is O=C(CSc1nnc(-c2cccnc2)n1-c1ccc(Cl)cc1)c1ccc([N+](=O)[O-])cc1. The average molecular weight is 452 g/mol. The summed E-state index contributed by atoms with van der Waals surface area (Å²) in [5.41, 5.74) is 1.90. The summed E-state index contributed by atoms with van der Waals surface area (Å²) in [6.45, 7) is 0. The van der Waals surface area contributed by atoms with Gasteiger partial charge in [-0.2, -0.15) is 0 Å². The van der Waals surface area contributed by atoms with Crippen LogP contribution in [-0.4, -0.2) is 36.2 Å². The second-order valence-corrected chi connectivity index (χ2v) is 7.75. The normalized spacial score (nSPS) is 10.7. The molecule has 31 heavy (non-hydrogen) atoms. The number of carbonyl (C=O) groups is 1. The van der Waals surface area contributed by atoms with Gasteiger partial charge in [-0.25, -0.2) is 0 Å². The van der Waals surface area contributed by atoms with Crippen molar-refractivity contribution in [3.05, 3.63) is 93.8 Å². The van der Waals surface area contributed by atoms with Crippen LogP contribution >= 0.6 is 23.4 Å². The highest BCUT2D eigenvalue weighted by molar-refractivity contribution is 7.99. The lowest BCUT2D eigenvalue weighted by atomic mass is 10.1. The van der Waals surface area contributed by atoms with Gasteiger partial charge in [0.15, 0.2) is 16.8 Å². The van der Waals surface area contributed by atoms with E-state index in [-0.39, 0.29) is 17.2 Å². The van der Waals surface area contributed by atoms with Crippen LogP contribution in [0.15, 0.2) is 78.2 Å². The molecule has 0 aliphatic carbocycles. The highest BCUT2D eigenvalue weighted by Gasteiger charge is 2.18. The molecule has 0 saturated heterocycles. The number of benzene rings is 2. The summed E-state index contributed by atoms with van der Waals surface area (Å²) >= 11 is 7.26. The molecule has 0 amide bonds. The molecule has 0 atom stereocenters. The van der Waals surface area contributed by atoms with E-state index in [2.05, 4.69) is 15.2 Å². The Kier molecular flexibility index (Phi) is 6.06. The van der Waals surface area contributed by atoms with Crippen molar-refractivity contribution in [2.24, 2.45) is 0 Å². The second-order valence-electron chi connectivity index (χ2n) is 6.38. The fourth-order valence-corrected chi connectivity index (χ4v) is 3.82. The van der Waals surface area contributed by atoms with Crippen molar-refractivity contribution in [3.8, 4) is 17.1 Å². The van der Waals surface area contributed by atoms with Gasteiger partial charge in [-0.15, -0.1) is 10.2 Å². The number of thioether (sulfide) groups is 1. The highest BCUT2D eigenvalue weighted by atomic mass is 35.5. The Morgan fingerprint density at radius 2 is 1.81 bits per heavy atom.